The van der Waals surface area contributed by atoms with Crippen LogP contribution >= 0.6 is 0 Å². The fraction of sp³-hybridized carbons (Fsp3) is 0.480. The Hall–Kier alpha value is -3.84. The zero-order valence-corrected chi connectivity index (χ0v) is 20.6. The van der Waals surface area contributed by atoms with Crippen molar-refractivity contribution in [3.05, 3.63) is 53.7 Å². The van der Waals surface area contributed by atoms with Crippen LogP contribution in [0.25, 0.3) is 5.69 Å². The maximum Gasteiger partial charge on any atom is 0.435 e. The molecule has 0 bridgehead atoms. The van der Waals surface area contributed by atoms with Crippen molar-refractivity contribution in [2.24, 2.45) is 5.92 Å². The van der Waals surface area contributed by atoms with Crippen LogP contribution in [0.5, 0.6) is 0 Å². The summed E-state index contributed by atoms with van der Waals surface area (Å²) < 4.78 is 74.3. The van der Waals surface area contributed by atoms with E-state index in [2.05, 4.69) is 20.6 Å². The van der Waals surface area contributed by atoms with Crippen LogP contribution in [-0.4, -0.2) is 50.8 Å². The van der Waals surface area contributed by atoms with Gasteiger partial charge < -0.3 is 9.73 Å². The smallest absolute Gasteiger partial charge is 0.407 e. The van der Waals surface area contributed by atoms with Crippen molar-refractivity contribution in [3.63, 3.8) is 0 Å². The molecule has 39 heavy (non-hydrogen) atoms. The minimum atomic E-state index is -4.89. The maximum absolute atomic E-state index is 13.7. The van der Waals surface area contributed by atoms with E-state index in [1.807, 2.05) is 0 Å². The van der Waals surface area contributed by atoms with Gasteiger partial charge in [-0.2, -0.15) is 18.3 Å². The van der Waals surface area contributed by atoms with Gasteiger partial charge in [0, 0.05) is 31.6 Å². The Balaban J connectivity index is 1.32. The Bertz CT molecular complexity index is 1330. The summed E-state index contributed by atoms with van der Waals surface area (Å²) in [6, 6.07) is 7.73. The molecular weight excluding hydrogens is 527 g/mol. The van der Waals surface area contributed by atoms with Crippen LogP contribution in [-0.2, 0) is 11.0 Å². The molecule has 0 saturated heterocycles. The molecule has 2 amide bonds. The largest absolute Gasteiger partial charge is 0.435 e. The quantitative estimate of drug-likeness (QED) is 0.405. The van der Waals surface area contributed by atoms with Gasteiger partial charge in [0.25, 0.3) is 11.8 Å². The third-order valence-electron chi connectivity index (χ3n) is 6.87. The lowest BCUT2D eigenvalue weighted by molar-refractivity contribution is -0.141. The topological polar surface area (TPSA) is 106 Å². The molecule has 2 aliphatic rings. The van der Waals surface area contributed by atoms with Gasteiger partial charge >= 0.3 is 12.2 Å². The van der Waals surface area contributed by atoms with E-state index in [1.54, 1.807) is 30.3 Å². The lowest BCUT2D eigenvalue weighted by Crippen LogP contribution is -2.42. The van der Waals surface area contributed by atoms with E-state index in [-0.39, 0.29) is 36.8 Å². The number of alkyl halides is 5. The van der Waals surface area contributed by atoms with Crippen molar-refractivity contribution < 1.29 is 36.0 Å². The van der Waals surface area contributed by atoms with E-state index >= 15 is 0 Å². The number of hydrogen-bond acceptors (Lipinski definition) is 6. The monoisotopic (exact) mass is 552 g/mol. The molecule has 0 spiro atoms. The minimum Gasteiger partial charge on any atom is -0.407 e. The molecule has 1 atom stereocenters. The number of carbonyl (C=O) groups is 2. The Morgan fingerprint density at radius 2 is 1.79 bits per heavy atom. The third-order valence-corrected chi connectivity index (χ3v) is 6.87. The molecule has 208 valence electrons. The second kappa shape index (κ2) is 10.4. The molecule has 1 N–H and O–H groups in total. The van der Waals surface area contributed by atoms with Crippen LogP contribution in [0.15, 0.2) is 40.9 Å². The number of carbonyl (C=O) groups excluding carboxylic acids is 2. The molecule has 1 aromatic carbocycles. The maximum atomic E-state index is 13.7. The summed E-state index contributed by atoms with van der Waals surface area (Å²) in [5, 5.41) is 13.4. The van der Waals surface area contributed by atoms with Crippen molar-refractivity contribution >= 4 is 17.8 Å². The molecular formula is C25H25F5N6O3. The molecule has 2 heterocycles. The van der Waals surface area contributed by atoms with Crippen LogP contribution in [0.4, 0.5) is 28.0 Å². The van der Waals surface area contributed by atoms with E-state index in [0.29, 0.717) is 18.5 Å². The van der Waals surface area contributed by atoms with Gasteiger partial charge in [0.1, 0.15) is 5.92 Å². The first kappa shape index (κ1) is 26.8. The lowest BCUT2D eigenvalue weighted by Gasteiger charge is -2.26. The number of rotatable bonds is 8. The summed E-state index contributed by atoms with van der Waals surface area (Å²) in [5.74, 6) is -6.21. The van der Waals surface area contributed by atoms with Gasteiger partial charge in [-0.05, 0) is 25.0 Å². The number of aromatic nitrogens is 4. The molecule has 2 aromatic heterocycles. The first-order valence-corrected chi connectivity index (χ1v) is 12.6. The van der Waals surface area contributed by atoms with Crippen molar-refractivity contribution in [1.82, 2.24) is 25.3 Å². The van der Waals surface area contributed by atoms with E-state index < -0.39 is 41.6 Å². The van der Waals surface area contributed by atoms with Crippen LogP contribution in [0.2, 0.25) is 0 Å². The predicted octanol–water partition coefficient (Wildman–Crippen LogP) is 4.74. The first-order chi connectivity index (χ1) is 18.5. The Morgan fingerprint density at radius 3 is 2.44 bits per heavy atom. The highest BCUT2D eigenvalue weighted by molar-refractivity contribution is 5.96. The molecule has 2 fully saturated rings. The second-order valence-electron chi connectivity index (χ2n) is 9.69. The van der Waals surface area contributed by atoms with Crippen LogP contribution in [0, 0.1) is 5.92 Å². The highest BCUT2D eigenvalue weighted by atomic mass is 19.4. The number of nitrogens with one attached hydrogen (secondary N) is 1. The molecule has 0 radical (unpaired) electrons. The van der Waals surface area contributed by atoms with E-state index in [0.717, 1.165) is 35.0 Å². The highest BCUT2D eigenvalue weighted by Gasteiger charge is 2.61. The predicted molar refractivity (Wildman–Crippen MR) is 126 cm³/mol. The normalized spacial score (nSPS) is 19.1. The molecule has 3 aromatic rings. The van der Waals surface area contributed by atoms with E-state index in [1.165, 1.54) is 0 Å². The Kier molecular flexibility index (Phi) is 7.12. The fourth-order valence-electron chi connectivity index (χ4n) is 4.67. The summed E-state index contributed by atoms with van der Waals surface area (Å²) in [5.41, 5.74) is -1.71. The summed E-state index contributed by atoms with van der Waals surface area (Å²) in [6.07, 6.45) is -0.418. The van der Waals surface area contributed by atoms with Crippen molar-refractivity contribution in [3.8, 4) is 5.69 Å². The van der Waals surface area contributed by atoms with Crippen LogP contribution < -0.4 is 10.2 Å². The third kappa shape index (κ3) is 5.78. The molecule has 0 aliphatic heterocycles. The van der Waals surface area contributed by atoms with Crippen LogP contribution in [0.1, 0.15) is 66.4 Å². The van der Waals surface area contributed by atoms with Gasteiger partial charge in [-0.3, -0.25) is 14.5 Å². The average Bonchev–Trinajstić information content (AvgIpc) is 3.28. The van der Waals surface area contributed by atoms with Gasteiger partial charge in [-0.15, -0.1) is 5.10 Å². The lowest BCUT2D eigenvalue weighted by atomic mass is 9.88. The fourth-order valence-corrected chi connectivity index (χ4v) is 4.67. The molecule has 2 saturated carbocycles. The number of hydrogen-bond donors (Lipinski definition) is 1. The van der Waals surface area contributed by atoms with Gasteiger partial charge in [0.05, 0.1) is 11.3 Å². The van der Waals surface area contributed by atoms with E-state index in [9.17, 15) is 31.5 Å². The van der Waals surface area contributed by atoms with Gasteiger partial charge in [0.15, 0.2) is 5.69 Å². The molecule has 14 heteroatoms. The number of benzene rings is 1. The molecule has 5 rings (SSSR count). The zero-order valence-electron chi connectivity index (χ0n) is 20.6. The summed E-state index contributed by atoms with van der Waals surface area (Å²) in [6.45, 7) is -0.472. The minimum absolute atomic E-state index is 0.210. The number of anilines is 1. The number of para-hydroxylation sites is 1. The number of amides is 2. The standard InChI is InChI=1S/C25H25F5N6O3/c26-24(27)13-18(24)21-32-33-23(39-21)35(22(38)15-7-3-1-4-8-15)12-11-31-20(37)17-14-36(16-9-5-2-6-10-16)34-19(17)25(28,29)30/h2,5-6,9-10,14-15,18H,1,3-4,7-8,11-13H2,(H,31,37). The van der Waals surface area contributed by atoms with Crippen molar-refractivity contribution in [2.45, 2.75) is 56.5 Å². The number of nitrogens with zero attached hydrogens (tertiary/aromatic N) is 5. The summed E-state index contributed by atoms with van der Waals surface area (Å²) >= 11 is 0. The molecule has 1 unspecified atom stereocenters. The molecule has 9 nitrogen and oxygen atoms in total. The summed E-state index contributed by atoms with van der Waals surface area (Å²) in [4.78, 5) is 27.2. The second-order valence-corrected chi connectivity index (χ2v) is 9.69. The zero-order chi connectivity index (χ0) is 27.8. The first-order valence-electron chi connectivity index (χ1n) is 12.6. The molecule has 2 aliphatic carbocycles. The van der Waals surface area contributed by atoms with Gasteiger partial charge in [-0.1, -0.05) is 42.6 Å². The summed E-state index contributed by atoms with van der Waals surface area (Å²) in [7, 11) is 0. The Labute approximate surface area is 219 Å². The van der Waals surface area contributed by atoms with Crippen molar-refractivity contribution in [2.75, 3.05) is 18.0 Å². The van der Waals surface area contributed by atoms with Crippen LogP contribution in [0.3, 0.4) is 0 Å². The van der Waals surface area contributed by atoms with E-state index in [4.69, 9.17) is 4.42 Å². The average molecular weight is 553 g/mol. The van der Waals surface area contributed by atoms with Gasteiger partial charge in [0.2, 0.25) is 11.8 Å². The Morgan fingerprint density at radius 1 is 1.10 bits per heavy atom. The SMILES string of the molecule is O=C(NCCN(C(=O)C1CCCCC1)c1nnc(C2CC2(F)F)o1)c1cn(-c2ccccc2)nc1C(F)(F)F. The highest BCUT2D eigenvalue weighted by Crippen LogP contribution is 2.55. The van der Waals surface area contributed by atoms with Crippen molar-refractivity contribution in [1.29, 1.82) is 0 Å². The number of halogens is 5. The van der Waals surface area contributed by atoms with Gasteiger partial charge in [-0.25, -0.2) is 13.5 Å².